The molecule has 0 saturated carbocycles. The minimum atomic E-state index is -1.06. The molecule has 0 bridgehead atoms. The van der Waals surface area contributed by atoms with Crippen molar-refractivity contribution < 1.29 is 14.3 Å². The van der Waals surface area contributed by atoms with Crippen LogP contribution in [0.5, 0.6) is 0 Å². The van der Waals surface area contributed by atoms with Crippen molar-refractivity contribution in [1.29, 1.82) is 5.26 Å². The van der Waals surface area contributed by atoms with Crippen molar-refractivity contribution in [3.8, 4) is 11.8 Å². The van der Waals surface area contributed by atoms with Crippen molar-refractivity contribution in [2.75, 3.05) is 5.32 Å². The molecule has 1 N–H and O–H groups in total. The van der Waals surface area contributed by atoms with Gasteiger partial charge < -0.3 is 10.1 Å². The summed E-state index contributed by atoms with van der Waals surface area (Å²) < 4.78 is 5.21. The van der Waals surface area contributed by atoms with E-state index in [1.54, 1.807) is 30.5 Å². The van der Waals surface area contributed by atoms with E-state index in [1.165, 1.54) is 23.1 Å². The number of rotatable bonds is 5. The Morgan fingerprint density at radius 2 is 2.00 bits per heavy atom. The van der Waals surface area contributed by atoms with Crippen LogP contribution >= 0.6 is 11.3 Å². The van der Waals surface area contributed by atoms with E-state index in [1.807, 2.05) is 24.3 Å². The van der Waals surface area contributed by atoms with E-state index < -0.39 is 18.0 Å². The molecule has 0 radical (unpaired) electrons. The molecule has 9 heteroatoms. The number of aryl methyl sites for hydroxylation is 1. The van der Waals surface area contributed by atoms with E-state index >= 15 is 0 Å². The molecule has 1 atom stereocenters. The van der Waals surface area contributed by atoms with Crippen molar-refractivity contribution in [3.63, 3.8) is 0 Å². The van der Waals surface area contributed by atoms with Gasteiger partial charge in [-0.15, -0.1) is 16.4 Å². The zero-order valence-corrected chi connectivity index (χ0v) is 15.4. The molecule has 8 nitrogen and oxygen atoms in total. The average Bonchev–Trinajstić information content (AvgIpc) is 3.28. The molecule has 0 aliphatic heterocycles. The third-order valence-electron chi connectivity index (χ3n) is 3.64. The first kappa shape index (κ1) is 18.3. The second-order valence-electron chi connectivity index (χ2n) is 5.57. The van der Waals surface area contributed by atoms with Gasteiger partial charge in [0.2, 0.25) is 0 Å². The van der Waals surface area contributed by atoms with Gasteiger partial charge in [-0.1, -0.05) is 18.2 Å². The van der Waals surface area contributed by atoms with Crippen LogP contribution in [0.15, 0.2) is 41.8 Å². The monoisotopic (exact) mass is 381 g/mol. The summed E-state index contributed by atoms with van der Waals surface area (Å²) in [6, 6.07) is 12.7. The number of anilines is 1. The summed E-state index contributed by atoms with van der Waals surface area (Å²) in [5.74, 6) is -1.28. The SMILES string of the molecule is Cc1nn(-c2ccccc2)nc1C(=O)O[C@@H](C)C(=O)Nc1sccc1C#N. The molecule has 0 aliphatic carbocycles. The summed E-state index contributed by atoms with van der Waals surface area (Å²) in [5.41, 5.74) is 1.48. The van der Waals surface area contributed by atoms with Gasteiger partial charge in [-0.25, -0.2) is 4.79 Å². The number of thiophene rings is 1. The van der Waals surface area contributed by atoms with Gasteiger partial charge in [0.25, 0.3) is 5.91 Å². The molecule has 2 heterocycles. The van der Waals surface area contributed by atoms with E-state index in [2.05, 4.69) is 15.5 Å². The van der Waals surface area contributed by atoms with Crippen molar-refractivity contribution in [2.45, 2.75) is 20.0 Å². The number of para-hydroxylation sites is 1. The number of hydrogen-bond donors (Lipinski definition) is 1. The van der Waals surface area contributed by atoms with Gasteiger partial charge >= 0.3 is 5.97 Å². The fourth-order valence-corrected chi connectivity index (χ4v) is 2.96. The van der Waals surface area contributed by atoms with Crippen LogP contribution in [0, 0.1) is 18.3 Å². The molecule has 0 unspecified atom stereocenters. The first-order valence-electron chi connectivity index (χ1n) is 7.98. The topological polar surface area (TPSA) is 110 Å². The van der Waals surface area contributed by atoms with E-state index in [-0.39, 0.29) is 5.69 Å². The molecule has 0 aliphatic rings. The molecule has 2 aromatic heterocycles. The maximum atomic E-state index is 12.4. The van der Waals surface area contributed by atoms with Gasteiger partial charge in [-0.2, -0.15) is 15.2 Å². The number of amides is 1. The number of aromatic nitrogens is 3. The number of nitrogens with one attached hydrogen (secondary N) is 1. The molecule has 27 heavy (non-hydrogen) atoms. The highest BCUT2D eigenvalue weighted by atomic mass is 32.1. The normalized spacial score (nSPS) is 11.4. The molecule has 0 fully saturated rings. The van der Waals surface area contributed by atoms with Gasteiger partial charge in [-0.05, 0) is 37.4 Å². The number of nitriles is 1. The molecule has 0 saturated heterocycles. The first-order valence-corrected chi connectivity index (χ1v) is 8.86. The molecular formula is C18H15N5O3S. The minimum Gasteiger partial charge on any atom is -0.448 e. The van der Waals surface area contributed by atoms with Crippen LogP contribution in [0.2, 0.25) is 0 Å². The lowest BCUT2D eigenvalue weighted by molar-refractivity contribution is -0.123. The van der Waals surface area contributed by atoms with E-state index in [9.17, 15) is 9.59 Å². The molecule has 3 aromatic rings. The lowest BCUT2D eigenvalue weighted by Crippen LogP contribution is -2.30. The first-order chi connectivity index (χ1) is 13.0. The Kier molecular flexibility index (Phi) is 5.28. The van der Waals surface area contributed by atoms with E-state index in [0.29, 0.717) is 21.9 Å². The van der Waals surface area contributed by atoms with Crippen molar-refractivity contribution >= 4 is 28.2 Å². The predicted octanol–water partition coefficient (Wildman–Crippen LogP) is 2.69. The number of nitrogens with zero attached hydrogens (tertiary/aromatic N) is 4. The van der Waals surface area contributed by atoms with Crippen LogP contribution in [0.25, 0.3) is 5.69 Å². The summed E-state index contributed by atoms with van der Waals surface area (Å²) in [7, 11) is 0. The van der Waals surface area contributed by atoms with Crippen LogP contribution in [-0.2, 0) is 9.53 Å². The van der Waals surface area contributed by atoms with Crippen molar-refractivity contribution in [2.24, 2.45) is 0 Å². The number of hydrogen-bond acceptors (Lipinski definition) is 7. The number of esters is 1. The average molecular weight is 381 g/mol. The fourth-order valence-electron chi connectivity index (χ4n) is 2.22. The number of carbonyl (C=O) groups is 2. The standard InChI is InChI=1S/C18H15N5O3S/c1-11-15(22-23(21-11)14-6-4-3-5-7-14)18(25)26-12(2)16(24)20-17-13(10-19)8-9-27-17/h3-9,12H,1-2H3,(H,20,24)/t12-/m0/s1. The van der Waals surface area contributed by atoms with Crippen LogP contribution in [0.1, 0.15) is 28.7 Å². The maximum Gasteiger partial charge on any atom is 0.361 e. The van der Waals surface area contributed by atoms with Gasteiger partial charge in [0.1, 0.15) is 11.1 Å². The molecular weight excluding hydrogens is 366 g/mol. The van der Waals surface area contributed by atoms with Crippen molar-refractivity contribution in [1.82, 2.24) is 15.0 Å². The van der Waals surface area contributed by atoms with Gasteiger partial charge in [0.15, 0.2) is 11.8 Å². The Labute approximate surface area is 159 Å². The van der Waals surface area contributed by atoms with Crippen LogP contribution in [0.4, 0.5) is 5.00 Å². The smallest absolute Gasteiger partial charge is 0.361 e. The van der Waals surface area contributed by atoms with Crippen molar-refractivity contribution in [3.05, 3.63) is 58.7 Å². The maximum absolute atomic E-state index is 12.4. The lowest BCUT2D eigenvalue weighted by Gasteiger charge is -2.12. The Bertz CT molecular complexity index is 1020. The Morgan fingerprint density at radius 3 is 2.70 bits per heavy atom. The largest absolute Gasteiger partial charge is 0.448 e. The van der Waals surface area contributed by atoms with Gasteiger partial charge in [-0.3, -0.25) is 4.79 Å². The number of carbonyl (C=O) groups excluding carboxylic acids is 2. The number of ether oxygens (including phenoxy) is 1. The highest BCUT2D eigenvalue weighted by Crippen LogP contribution is 2.22. The Balaban J connectivity index is 1.69. The zero-order valence-electron chi connectivity index (χ0n) is 14.5. The molecule has 3 rings (SSSR count). The third-order valence-corrected chi connectivity index (χ3v) is 4.47. The highest BCUT2D eigenvalue weighted by Gasteiger charge is 2.24. The Hall–Kier alpha value is -3.51. The summed E-state index contributed by atoms with van der Waals surface area (Å²) in [6.07, 6.45) is -1.06. The summed E-state index contributed by atoms with van der Waals surface area (Å²) in [4.78, 5) is 25.9. The zero-order chi connectivity index (χ0) is 19.4. The van der Waals surface area contributed by atoms with Crippen LogP contribution < -0.4 is 5.32 Å². The number of benzene rings is 1. The van der Waals surface area contributed by atoms with Gasteiger partial charge in [0, 0.05) is 0 Å². The second-order valence-corrected chi connectivity index (χ2v) is 6.49. The van der Waals surface area contributed by atoms with Gasteiger partial charge in [0.05, 0.1) is 16.9 Å². The molecule has 1 amide bonds. The summed E-state index contributed by atoms with van der Waals surface area (Å²) >= 11 is 1.22. The van der Waals surface area contributed by atoms with E-state index in [4.69, 9.17) is 10.00 Å². The summed E-state index contributed by atoms with van der Waals surface area (Å²) in [6.45, 7) is 3.09. The Morgan fingerprint density at radius 1 is 1.26 bits per heavy atom. The van der Waals surface area contributed by atoms with E-state index in [0.717, 1.165) is 0 Å². The minimum absolute atomic E-state index is 0.0346. The van der Waals surface area contributed by atoms with Crippen LogP contribution in [0.3, 0.4) is 0 Å². The highest BCUT2D eigenvalue weighted by molar-refractivity contribution is 7.14. The molecule has 136 valence electrons. The van der Waals surface area contributed by atoms with Crippen LogP contribution in [-0.4, -0.2) is 33.0 Å². The third kappa shape index (κ3) is 4.02. The lowest BCUT2D eigenvalue weighted by atomic mass is 10.3. The predicted molar refractivity (Wildman–Crippen MR) is 98.6 cm³/mol. The summed E-state index contributed by atoms with van der Waals surface area (Å²) in [5, 5.41) is 22.0. The molecule has 1 aromatic carbocycles. The fraction of sp³-hybridized carbons (Fsp3) is 0.167. The second kappa shape index (κ2) is 7.80. The molecule has 0 spiro atoms. The quantitative estimate of drug-likeness (QED) is 0.681.